The van der Waals surface area contributed by atoms with Crippen LogP contribution < -0.4 is 19.9 Å². The normalized spacial score (nSPS) is 21.1. The number of aryl methyl sites for hydroxylation is 1. The summed E-state index contributed by atoms with van der Waals surface area (Å²) < 4.78 is 9.27. The summed E-state index contributed by atoms with van der Waals surface area (Å²) in [6.07, 6.45) is 16.2. The average Bonchev–Trinajstić information content (AvgIpc) is 2.68. The van der Waals surface area contributed by atoms with Gasteiger partial charge in [-0.15, -0.1) is 0 Å². The molecule has 3 aliphatic heterocycles. The van der Waals surface area contributed by atoms with Crippen molar-refractivity contribution in [2.75, 3.05) is 13.1 Å². The first kappa shape index (κ1) is 17.0. The molecule has 3 heterocycles. The molecule has 0 atom stereocenters. The zero-order valence-electron chi connectivity index (χ0n) is 16.9. The number of fused-ring (bicyclic) bond motifs is 2. The van der Waals surface area contributed by atoms with E-state index in [1.807, 2.05) is 0 Å². The number of ether oxygens (including phenoxy) is 1. The highest BCUT2D eigenvalue weighted by Gasteiger charge is 2.31. The highest BCUT2D eigenvalue weighted by atomic mass is 16.5. The highest BCUT2D eigenvalue weighted by molar-refractivity contribution is 5.70. The van der Waals surface area contributed by atoms with E-state index in [1.54, 1.807) is 0 Å². The molecule has 4 aliphatic rings. The van der Waals surface area contributed by atoms with Crippen molar-refractivity contribution in [2.45, 2.75) is 59.3 Å². The van der Waals surface area contributed by atoms with E-state index in [2.05, 4.69) is 55.7 Å². The molecule has 0 spiro atoms. The van der Waals surface area contributed by atoms with Crippen LogP contribution in [0.25, 0.3) is 5.57 Å². The number of hydrogen-bond acceptors (Lipinski definition) is 1. The molecular formula is C25H30NO+. The first-order valence-electron chi connectivity index (χ1n) is 10.6. The van der Waals surface area contributed by atoms with E-state index in [4.69, 9.17) is 4.74 Å². The third-order valence-electron chi connectivity index (χ3n) is 6.34. The van der Waals surface area contributed by atoms with E-state index in [0.717, 1.165) is 30.8 Å². The Kier molecular flexibility index (Phi) is 3.93. The molecule has 0 aromatic heterocycles. The van der Waals surface area contributed by atoms with Crippen molar-refractivity contribution in [3.63, 3.8) is 0 Å². The fourth-order valence-corrected chi connectivity index (χ4v) is 5.05. The third kappa shape index (κ3) is 2.81. The summed E-state index contributed by atoms with van der Waals surface area (Å²) in [5.74, 6) is 2.18. The maximum absolute atomic E-state index is 6.66. The van der Waals surface area contributed by atoms with Gasteiger partial charge in [-0.1, -0.05) is 39.0 Å². The Balaban J connectivity index is 1.82. The molecule has 5 rings (SSSR count). The van der Waals surface area contributed by atoms with Gasteiger partial charge in [0, 0.05) is 29.2 Å². The average molecular weight is 361 g/mol. The van der Waals surface area contributed by atoms with Gasteiger partial charge < -0.3 is 4.74 Å². The largest absolute Gasteiger partial charge is 0.456 e. The quantitative estimate of drug-likeness (QED) is 0.694. The van der Waals surface area contributed by atoms with Crippen LogP contribution in [0.5, 0.6) is 5.75 Å². The lowest BCUT2D eigenvalue weighted by Gasteiger charge is -2.29. The summed E-state index contributed by atoms with van der Waals surface area (Å²) >= 11 is 0. The minimum atomic E-state index is 0.0900. The molecule has 27 heavy (non-hydrogen) atoms. The van der Waals surface area contributed by atoms with E-state index in [9.17, 15) is 0 Å². The second-order valence-corrected chi connectivity index (χ2v) is 9.35. The topological polar surface area (TPSA) is 12.2 Å². The van der Waals surface area contributed by atoms with Crippen molar-refractivity contribution in [1.82, 2.24) is 4.58 Å². The molecule has 0 bridgehead atoms. The standard InChI is InChI=1S/C25H30NO/c1-25(2,3)21-16-22(17-9-5-4-6-10-17)27-24-19-12-8-14-26-13-7-11-18(23(19)26)15-20(21)24/h5,9-10,15-16H,4,6-8,11-14H2,1-3H3/q+1. The van der Waals surface area contributed by atoms with Crippen LogP contribution in [0.1, 0.15) is 57.6 Å². The Labute approximate surface area is 162 Å². The molecular weight excluding hydrogens is 330 g/mol. The van der Waals surface area contributed by atoms with Crippen molar-refractivity contribution in [1.29, 1.82) is 0 Å². The third-order valence-corrected chi connectivity index (χ3v) is 6.34. The molecule has 0 saturated heterocycles. The first-order chi connectivity index (χ1) is 13.0. The Morgan fingerprint density at radius 1 is 1.04 bits per heavy atom. The molecule has 0 saturated carbocycles. The zero-order valence-corrected chi connectivity index (χ0v) is 16.9. The van der Waals surface area contributed by atoms with Crippen LogP contribution in [0.3, 0.4) is 0 Å². The number of allylic oxidation sites excluding steroid dienone is 4. The molecule has 1 aromatic carbocycles. The maximum atomic E-state index is 6.66. The van der Waals surface area contributed by atoms with E-state index in [1.165, 1.54) is 65.2 Å². The van der Waals surface area contributed by atoms with E-state index >= 15 is 0 Å². The minimum absolute atomic E-state index is 0.0900. The van der Waals surface area contributed by atoms with Gasteiger partial charge in [0.25, 0.3) is 0 Å². The second-order valence-electron chi connectivity index (χ2n) is 9.35. The fraction of sp³-hybridized carbons (Fsp3) is 0.480. The molecule has 0 fully saturated rings. The Bertz CT molecular complexity index is 1020. The SMILES string of the molecule is CC(C)(C)C1=c2cc3c4c(c2OC(C2=CCCC=C2)=C1)CCC[N+]=4CCC3. The summed E-state index contributed by atoms with van der Waals surface area (Å²) in [6.45, 7) is 9.38. The second kappa shape index (κ2) is 6.22. The Morgan fingerprint density at radius 2 is 1.85 bits per heavy atom. The summed E-state index contributed by atoms with van der Waals surface area (Å²) in [5.41, 5.74) is 5.74. The molecule has 0 radical (unpaired) electrons. The summed E-state index contributed by atoms with van der Waals surface area (Å²) in [5, 5.41) is 2.83. The molecule has 1 aromatic rings. The summed E-state index contributed by atoms with van der Waals surface area (Å²) in [7, 11) is 0. The number of nitrogens with zero attached hydrogens (tertiary/aromatic N) is 1. The molecule has 0 unspecified atom stereocenters. The van der Waals surface area contributed by atoms with Gasteiger partial charge in [-0.3, -0.25) is 0 Å². The number of rotatable bonds is 1. The van der Waals surface area contributed by atoms with Gasteiger partial charge in [-0.2, -0.15) is 0 Å². The maximum Gasteiger partial charge on any atom is 0.210 e. The van der Waals surface area contributed by atoms with Crippen LogP contribution in [-0.4, -0.2) is 13.1 Å². The molecule has 0 amide bonds. The lowest BCUT2D eigenvalue weighted by molar-refractivity contribution is 0.405. The molecule has 2 nitrogen and oxygen atoms in total. The van der Waals surface area contributed by atoms with Crippen LogP contribution in [0.2, 0.25) is 0 Å². The van der Waals surface area contributed by atoms with E-state index < -0.39 is 0 Å². The van der Waals surface area contributed by atoms with Gasteiger partial charge in [-0.25, -0.2) is 4.58 Å². The Hall–Kier alpha value is -2.09. The van der Waals surface area contributed by atoms with Gasteiger partial charge in [0.05, 0.1) is 5.56 Å². The van der Waals surface area contributed by atoms with Gasteiger partial charge in [-0.05, 0) is 48.8 Å². The lowest BCUT2D eigenvalue weighted by Crippen LogP contribution is -2.45. The van der Waals surface area contributed by atoms with Crippen LogP contribution in [-0.2, 0) is 12.8 Å². The van der Waals surface area contributed by atoms with Crippen molar-refractivity contribution in [3.8, 4) is 5.75 Å². The molecule has 2 heteroatoms. The monoisotopic (exact) mass is 360 g/mol. The molecule has 0 N–H and O–H groups in total. The van der Waals surface area contributed by atoms with E-state index in [0.29, 0.717) is 0 Å². The van der Waals surface area contributed by atoms with Crippen molar-refractivity contribution in [3.05, 3.63) is 63.4 Å². The molecule has 1 aliphatic carbocycles. The molecule has 140 valence electrons. The number of hydrogen-bond donors (Lipinski definition) is 0. The predicted molar refractivity (Wildman–Crippen MR) is 111 cm³/mol. The first-order valence-corrected chi connectivity index (χ1v) is 10.6. The summed E-state index contributed by atoms with van der Waals surface area (Å²) in [6, 6.07) is 2.45. The Morgan fingerprint density at radius 3 is 2.59 bits per heavy atom. The fourth-order valence-electron chi connectivity index (χ4n) is 5.05. The van der Waals surface area contributed by atoms with E-state index in [-0.39, 0.29) is 5.41 Å². The van der Waals surface area contributed by atoms with Crippen molar-refractivity contribution < 1.29 is 4.74 Å². The minimum Gasteiger partial charge on any atom is -0.456 e. The zero-order chi connectivity index (χ0) is 18.6. The van der Waals surface area contributed by atoms with Gasteiger partial charge >= 0.3 is 0 Å². The van der Waals surface area contributed by atoms with Crippen LogP contribution >= 0.6 is 0 Å². The van der Waals surface area contributed by atoms with Crippen LogP contribution in [0, 0.1) is 5.41 Å². The lowest BCUT2D eigenvalue weighted by atomic mass is 9.81. The van der Waals surface area contributed by atoms with Gasteiger partial charge in [0.15, 0.2) is 0 Å². The van der Waals surface area contributed by atoms with Gasteiger partial charge in [0.2, 0.25) is 5.36 Å². The smallest absolute Gasteiger partial charge is 0.210 e. The van der Waals surface area contributed by atoms with Crippen molar-refractivity contribution >= 4 is 5.57 Å². The van der Waals surface area contributed by atoms with Crippen LogP contribution in [0.15, 0.2) is 41.7 Å². The highest BCUT2D eigenvalue weighted by Crippen LogP contribution is 2.35. The van der Waals surface area contributed by atoms with Crippen molar-refractivity contribution in [2.24, 2.45) is 5.41 Å². The summed E-state index contributed by atoms with van der Waals surface area (Å²) in [4.78, 5) is 0. The van der Waals surface area contributed by atoms with Gasteiger partial charge in [0.1, 0.15) is 24.6 Å². The van der Waals surface area contributed by atoms with Crippen LogP contribution in [0.4, 0.5) is 0 Å². The number of benzene rings is 1. The predicted octanol–water partition coefficient (Wildman–Crippen LogP) is 3.82.